The lowest BCUT2D eigenvalue weighted by Gasteiger charge is -2.41. The molecule has 0 spiro atoms. The molecule has 3 aromatic rings. The van der Waals surface area contributed by atoms with E-state index in [9.17, 15) is 9.59 Å². The van der Waals surface area contributed by atoms with Gasteiger partial charge >= 0.3 is 0 Å². The van der Waals surface area contributed by atoms with Crippen LogP contribution in [0.15, 0.2) is 42.5 Å². The van der Waals surface area contributed by atoms with Crippen LogP contribution in [0.2, 0.25) is 0 Å². The van der Waals surface area contributed by atoms with E-state index >= 15 is 0 Å². The van der Waals surface area contributed by atoms with Crippen molar-refractivity contribution in [2.45, 2.75) is 57.5 Å². The quantitative estimate of drug-likeness (QED) is 0.491. The number of aromatic nitrogens is 1. The Morgan fingerprint density at radius 2 is 1.63 bits per heavy atom. The first-order valence-electron chi connectivity index (χ1n) is 12.9. The summed E-state index contributed by atoms with van der Waals surface area (Å²) in [6.07, 6.45) is 6.44. The Morgan fingerprint density at radius 3 is 2.37 bits per heavy atom. The summed E-state index contributed by atoms with van der Waals surface area (Å²) in [5.41, 5.74) is 3.88. The number of likely N-dealkylation sites (tertiary alicyclic amines) is 2. The maximum atomic E-state index is 13.3. The Kier molecular flexibility index (Phi) is 6.16. The van der Waals surface area contributed by atoms with Crippen molar-refractivity contribution >= 4 is 39.1 Å². The number of imide groups is 1. The first kappa shape index (κ1) is 22.8. The predicted molar refractivity (Wildman–Crippen MR) is 141 cm³/mol. The summed E-state index contributed by atoms with van der Waals surface area (Å²) in [4.78, 5) is 37.3. The van der Waals surface area contributed by atoms with Crippen LogP contribution in [0.5, 0.6) is 0 Å². The molecule has 3 fully saturated rings. The van der Waals surface area contributed by atoms with Gasteiger partial charge in [0.25, 0.3) is 5.91 Å². The number of amides is 2. The van der Waals surface area contributed by atoms with Crippen LogP contribution in [0.3, 0.4) is 0 Å². The monoisotopic (exact) mass is 488 g/mol. The molecule has 0 radical (unpaired) electrons. The van der Waals surface area contributed by atoms with Crippen molar-refractivity contribution in [3.63, 3.8) is 0 Å². The highest BCUT2D eigenvalue weighted by Gasteiger charge is 2.43. The molecular formula is C28H32N4O2S. The highest BCUT2D eigenvalue weighted by atomic mass is 32.1. The summed E-state index contributed by atoms with van der Waals surface area (Å²) in [6.45, 7) is 6.31. The largest absolute Gasteiger partial charge is 0.300 e. The summed E-state index contributed by atoms with van der Waals surface area (Å²) >= 11 is 1.66. The van der Waals surface area contributed by atoms with Crippen LogP contribution in [0.25, 0.3) is 20.8 Å². The number of hydrogen-bond acceptors (Lipinski definition) is 6. The average molecular weight is 489 g/mol. The smallest absolute Gasteiger partial charge is 0.251 e. The molecule has 6 nitrogen and oxygen atoms in total. The first-order chi connectivity index (χ1) is 17.1. The summed E-state index contributed by atoms with van der Waals surface area (Å²) in [7, 11) is 0. The van der Waals surface area contributed by atoms with Crippen molar-refractivity contribution in [2.24, 2.45) is 0 Å². The van der Waals surface area contributed by atoms with E-state index in [0.717, 1.165) is 42.0 Å². The van der Waals surface area contributed by atoms with Crippen LogP contribution in [0.1, 0.15) is 44.1 Å². The normalized spacial score (nSPS) is 23.0. The lowest BCUT2D eigenvalue weighted by Crippen LogP contribution is -2.51. The number of benzene rings is 2. The minimum atomic E-state index is -0.322. The minimum absolute atomic E-state index is 0.0744. The molecule has 0 unspecified atom stereocenters. The molecule has 182 valence electrons. The molecular weight excluding hydrogens is 456 g/mol. The van der Waals surface area contributed by atoms with Crippen LogP contribution in [0.4, 0.5) is 5.69 Å². The zero-order valence-electron chi connectivity index (χ0n) is 20.3. The minimum Gasteiger partial charge on any atom is -0.300 e. The van der Waals surface area contributed by atoms with E-state index in [1.54, 1.807) is 11.3 Å². The molecule has 0 saturated carbocycles. The van der Waals surface area contributed by atoms with Gasteiger partial charge in [0.05, 0.1) is 28.4 Å². The molecule has 35 heavy (non-hydrogen) atoms. The molecule has 0 bridgehead atoms. The van der Waals surface area contributed by atoms with Gasteiger partial charge in [0.2, 0.25) is 5.91 Å². The van der Waals surface area contributed by atoms with Crippen molar-refractivity contribution in [3.8, 4) is 10.6 Å². The average Bonchev–Trinajstić information content (AvgIpc) is 3.44. The van der Waals surface area contributed by atoms with Crippen LogP contribution in [-0.4, -0.2) is 64.9 Å². The van der Waals surface area contributed by atoms with Crippen molar-refractivity contribution in [1.29, 1.82) is 0 Å². The maximum absolute atomic E-state index is 13.3. The third-order valence-corrected chi connectivity index (χ3v) is 8.95. The molecule has 0 N–H and O–H groups in total. The van der Waals surface area contributed by atoms with Gasteiger partial charge in [-0.25, -0.2) is 9.88 Å². The number of hydrogen-bond donors (Lipinski definition) is 0. The molecule has 4 heterocycles. The molecule has 1 atom stereocenters. The number of rotatable bonds is 4. The zero-order chi connectivity index (χ0) is 23.9. The van der Waals surface area contributed by atoms with Crippen molar-refractivity contribution in [2.75, 3.05) is 31.1 Å². The van der Waals surface area contributed by atoms with Crippen molar-refractivity contribution in [1.82, 2.24) is 14.8 Å². The van der Waals surface area contributed by atoms with E-state index < -0.39 is 0 Å². The van der Waals surface area contributed by atoms with Gasteiger partial charge in [0.15, 0.2) is 0 Å². The van der Waals surface area contributed by atoms with E-state index in [1.807, 2.05) is 24.3 Å². The topological polar surface area (TPSA) is 56.8 Å². The summed E-state index contributed by atoms with van der Waals surface area (Å²) in [6, 6.07) is 14.3. The van der Waals surface area contributed by atoms with Crippen LogP contribution >= 0.6 is 11.3 Å². The molecule has 3 aliphatic rings. The number of aryl methyl sites for hydroxylation is 1. The Bertz CT molecular complexity index is 1240. The van der Waals surface area contributed by atoms with E-state index in [1.165, 1.54) is 47.5 Å². The number of piperidine rings is 2. The van der Waals surface area contributed by atoms with Gasteiger partial charge in [-0.15, -0.1) is 11.3 Å². The van der Waals surface area contributed by atoms with Crippen molar-refractivity contribution < 1.29 is 9.59 Å². The summed E-state index contributed by atoms with van der Waals surface area (Å²) in [5.74, 6) is -0.170. The second-order valence-electron chi connectivity index (χ2n) is 10.2. The fourth-order valence-corrected chi connectivity index (χ4v) is 7.00. The number of thiazole rings is 1. The number of anilines is 1. The highest BCUT2D eigenvalue weighted by molar-refractivity contribution is 7.21. The second kappa shape index (κ2) is 9.45. The number of fused-ring (bicyclic) bond motifs is 1. The van der Waals surface area contributed by atoms with Gasteiger partial charge in [-0.05, 0) is 87.7 Å². The first-order valence-corrected chi connectivity index (χ1v) is 13.7. The molecule has 2 aromatic carbocycles. The van der Waals surface area contributed by atoms with Crippen LogP contribution in [0, 0.1) is 6.92 Å². The standard InChI is InChI=1S/C28H32N4O2S/c1-19-5-10-23-25(17-19)35-27(29-23)20-6-8-22(9-7-20)32-26(33)18-24(28(32)34)31-15-11-21(12-16-31)30-13-3-2-4-14-30/h5-10,17,21,24H,2-4,11-16,18H2,1H3/t24-/m1/s1. The lowest BCUT2D eigenvalue weighted by molar-refractivity contribution is -0.123. The predicted octanol–water partition coefficient (Wildman–Crippen LogP) is 4.85. The molecule has 3 aliphatic heterocycles. The third-order valence-electron chi connectivity index (χ3n) is 7.89. The zero-order valence-corrected chi connectivity index (χ0v) is 21.1. The molecule has 3 saturated heterocycles. The summed E-state index contributed by atoms with van der Waals surface area (Å²) in [5, 5.41) is 0.950. The van der Waals surface area contributed by atoms with E-state index in [0.29, 0.717) is 11.7 Å². The van der Waals surface area contributed by atoms with Gasteiger partial charge in [0, 0.05) is 24.7 Å². The fourth-order valence-electron chi connectivity index (χ4n) is 5.93. The fraction of sp³-hybridized carbons (Fsp3) is 0.464. The number of carbonyl (C=O) groups excluding carboxylic acids is 2. The van der Waals surface area contributed by atoms with E-state index in [2.05, 4.69) is 34.9 Å². The summed E-state index contributed by atoms with van der Waals surface area (Å²) < 4.78 is 1.17. The molecule has 1 aromatic heterocycles. The van der Waals surface area contributed by atoms with Gasteiger partial charge in [-0.2, -0.15) is 0 Å². The third kappa shape index (κ3) is 4.41. The highest BCUT2D eigenvalue weighted by Crippen LogP contribution is 2.33. The van der Waals surface area contributed by atoms with Gasteiger partial charge in [0.1, 0.15) is 5.01 Å². The maximum Gasteiger partial charge on any atom is 0.251 e. The van der Waals surface area contributed by atoms with Crippen LogP contribution in [-0.2, 0) is 9.59 Å². The van der Waals surface area contributed by atoms with Gasteiger partial charge in [-0.1, -0.05) is 12.5 Å². The van der Waals surface area contributed by atoms with Crippen molar-refractivity contribution in [3.05, 3.63) is 48.0 Å². The SMILES string of the molecule is Cc1ccc2nc(-c3ccc(N4C(=O)C[C@@H](N5CCC(N6CCCCC6)CC5)C4=O)cc3)sc2c1. The molecule has 6 rings (SSSR count). The second-order valence-corrected chi connectivity index (χ2v) is 11.2. The van der Waals surface area contributed by atoms with E-state index in [-0.39, 0.29) is 24.3 Å². The Morgan fingerprint density at radius 1 is 0.886 bits per heavy atom. The molecule has 7 heteroatoms. The van der Waals surface area contributed by atoms with Gasteiger partial charge in [-0.3, -0.25) is 14.5 Å². The molecule has 0 aliphatic carbocycles. The van der Waals surface area contributed by atoms with Crippen LogP contribution < -0.4 is 4.90 Å². The Balaban J connectivity index is 1.13. The molecule has 2 amide bonds. The van der Waals surface area contributed by atoms with E-state index in [4.69, 9.17) is 4.98 Å². The Labute approximate surface area is 210 Å². The Hall–Kier alpha value is -2.61. The lowest BCUT2D eigenvalue weighted by atomic mass is 9.98. The van der Waals surface area contributed by atoms with Gasteiger partial charge < -0.3 is 4.90 Å². The number of nitrogens with zero attached hydrogens (tertiary/aromatic N) is 4. The number of carbonyl (C=O) groups is 2.